The fourth-order valence-corrected chi connectivity index (χ4v) is 3.02. The molecule has 0 saturated heterocycles. The van der Waals surface area contributed by atoms with Crippen LogP contribution in [-0.2, 0) is 16.9 Å². The third-order valence-electron chi connectivity index (χ3n) is 4.28. The first-order chi connectivity index (χ1) is 12.1. The number of carbonyl (C=O) groups is 1. The molecule has 1 aliphatic rings. The van der Waals surface area contributed by atoms with Gasteiger partial charge in [-0.2, -0.15) is 0 Å². The molecule has 5 nitrogen and oxygen atoms in total. The molecule has 0 fully saturated rings. The Morgan fingerprint density at radius 3 is 2.52 bits per heavy atom. The maximum atomic E-state index is 12.0. The van der Waals surface area contributed by atoms with Crippen LogP contribution in [0.2, 0.25) is 0 Å². The summed E-state index contributed by atoms with van der Waals surface area (Å²) in [5, 5.41) is 16.3. The lowest BCUT2D eigenvalue weighted by Crippen LogP contribution is -2.57. The van der Waals surface area contributed by atoms with Crippen LogP contribution in [0, 0.1) is 0 Å². The second kappa shape index (κ2) is 7.23. The first kappa shape index (κ1) is 16.8. The van der Waals surface area contributed by atoms with Crippen molar-refractivity contribution in [2.45, 2.75) is 12.1 Å². The third kappa shape index (κ3) is 3.56. The second-order valence-corrected chi connectivity index (χ2v) is 5.91. The van der Waals surface area contributed by atoms with E-state index in [0.29, 0.717) is 12.1 Å². The molecule has 5 heteroatoms. The van der Waals surface area contributed by atoms with Crippen molar-refractivity contribution in [3.8, 4) is 5.75 Å². The number of hydrogen-bond donors (Lipinski definition) is 4. The van der Waals surface area contributed by atoms with E-state index in [0.717, 1.165) is 12.0 Å². The number of nitrogens with two attached hydrogens (primary N) is 1. The van der Waals surface area contributed by atoms with Gasteiger partial charge in [0, 0.05) is 6.54 Å². The van der Waals surface area contributed by atoms with Gasteiger partial charge in [0.2, 0.25) is 5.91 Å². The summed E-state index contributed by atoms with van der Waals surface area (Å²) in [6, 6.07) is 16.8. The van der Waals surface area contributed by atoms with E-state index in [-0.39, 0.29) is 5.75 Å². The van der Waals surface area contributed by atoms with E-state index in [4.69, 9.17) is 5.73 Å². The number of hydrogen-bond acceptors (Lipinski definition) is 4. The largest absolute Gasteiger partial charge is 0.508 e. The Morgan fingerprint density at radius 1 is 1.12 bits per heavy atom. The summed E-state index contributed by atoms with van der Waals surface area (Å²) in [4.78, 5) is 12.0. The van der Waals surface area contributed by atoms with E-state index in [1.54, 1.807) is 42.6 Å². The summed E-state index contributed by atoms with van der Waals surface area (Å²) in [5.41, 5.74) is 7.12. The summed E-state index contributed by atoms with van der Waals surface area (Å²) >= 11 is 0. The van der Waals surface area contributed by atoms with Crippen LogP contribution in [0.5, 0.6) is 5.75 Å². The Kier molecular flexibility index (Phi) is 4.86. The molecular weight excluding hydrogens is 314 g/mol. The number of nitrogens with one attached hydrogen (secondary N) is 2. The summed E-state index contributed by atoms with van der Waals surface area (Å²) in [6.07, 6.45) is 6.03. The molecule has 0 radical (unpaired) electrons. The van der Waals surface area contributed by atoms with Gasteiger partial charge in [0.15, 0.2) is 0 Å². The lowest BCUT2D eigenvalue weighted by Gasteiger charge is -2.38. The predicted molar refractivity (Wildman–Crippen MR) is 97.5 cm³/mol. The van der Waals surface area contributed by atoms with Gasteiger partial charge in [-0.15, -0.1) is 0 Å². The number of benzene rings is 2. The topological polar surface area (TPSA) is 87.4 Å². The minimum absolute atomic E-state index is 0.166. The SMILES string of the molecule is NC(=O)C1=CC=CNC1(NCCc1ccccc1)c1ccc(O)cc1. The van der Waals surface area contributed by atoms with Crippen LogP contribution in [0.25, 0.3) is 0 Å². The molecule has 1 heterocycles. The molecule has 1 aliphatic heterocycles. The van der Waals surface area contributed by atoms with Crippen molar-refractivity contribution < 1.29 is 9.90 Å². The fraction of sp³-hybridized carbons (Fsp3) is 0.150. The molecule has 3 rings (SSSR count). The smallest absolute Gasteiger partial charge is 0.248 e. The van der Waals surface area contributed by atoms with Gasteiger partial charge in [0.1, 0.15) is 11.4 Å². The summed E-state index contributed by atoms with van der Waals surface area (Å²) in [5.74, 6) is -0.337. The highest BCUT2D eigenvalue weighted by Crippen LogP contribution is 2.30. The van der Waals surface area contributed by atoms with Crippen molar-refractivity contribution in [1.29, 1.82) is 0 Å². The zero-order chi connectivity index (χ0) is 17.7. The van der Waals surface area contributed by atoms with E-state index in [9.17, 15) is 9.90 Å². The molecule has 2 aromatic carbocycles. The van der Waals surface area contributed by atoms with Crippen LogP contribution in [0.1, 0.15) is 11.1 Å². The molecule has 128 valence electrons. The average Bonchev–Trinajstić information content (AvgIpc) is 2.63. The highest BCUT2D eigenvalue weighted by molar-refractivity contribution is 5.95. The van der Waals surface area contributed by atoms with Crippen molar-refractivity contribution in [3.63, 3.8) is 0 Å². The molecule has 5 N–H and O–H groups in total. The minimum atomic E-state index is -0.928. The van der Waals surface area contributed by atoms with Crippen LogP contribution in [0.4, 0.5) is 0 Å². The van der Waals surface area contributed by atoms with Gasteiger partial charge in [-0.1, -0.05) is 42.5 Å². The minimum Gasteiger partial charge on any atom is -0.508 e. The van der Waals surface area contributed by atoms with E-state index in [1.807, 2.05) is 18.2 Å². The number of carbonyl (C=O) groups excluding carboxylic acids is 1. The van der Waals surface area contributed by atoms with Crippen molar-refractivity contribution in [3.05, 3.63) is 89.6 Å². The van der Waals surface area contributed by atoms with Crippen LogP contribution in [-0.4, -0.2) is 17.6 Å². The molecule has 1 atom stereocenters. The molecule has 0 aromatic heterocycles. The van der Waals surface area contributed by atoms with Gasteiger partial charge in [0.25, 0.3) is 0 Å². The number of primary amides is 1. The molecule has 25 heavy (non-hydrogen) atoms. The van der Waals surface area contributed by atoms with Crippen molar-refractivity contribution in [2.75, 3.05) is 6.54 Å². The van der Waals surface area contributed by atoms with E-state index >= 15 is 0 Å². The van der Waals surface area contributed by atoms with E-state index in [1.165, 1.54) is 5.56 Å². The van der Waals surface area contributed by atoms with Crippen LogP contribution in [0.3, 0.4) is 0 Å². The normalized spacial score (nSPS) is 19.1. The monoisotopic (exact) mass is 335 g/mol. The van der Waals surface area contributed by atoms with Crippen molar-refractivity contribution in [1.82, 2.24) is 10.6 Å². The Hall–Kier alpha value is -3.05. The highest BCUT2D eigenvalue weighted by atomic mass is 16.3. The summed E-state index contributed by atoms with van der Waals surface area (Å²) in [6.45, 7) is 0.635. The molecule has 0 spiro atoms. The molecule has 2 aromatic rings. The maximum absolute atomic E-state index is 12.0. The maximum Gasteiger partial charge on any atom is 0.248 e. The molecule has 0 saturated carbocycles. The molecule has 1 unspecified atom stereocenters. The predicted octanol–water partition coefficient (Wildman–Crippen LogP) is 1.91. The number of aromatic hydroxyl groups is 1. The van der Waals surface area contributed by atoms with E-state index in [2.05, 4.69) is 22.8 Å². The Bertz CT molecular complexity index is 797. The number of rotatable bonds is 6. The molecular formula is C20H21N3O2. The number of allylic oxidation sites excluding steroid dienone is 2. The quantitative estimate of drug-likeness (QED) is 0.649. The zero-order valence-corrected chi connectivity index (χ0v) is 13.8. The second-order valence-electron chi connectivity index (χ2n) is 5.91. The number of amides is 1. The first-order valence-corrected chi connectivity index (χ1v) is 8.15. The first-order valence-electron chi connectivity index (χ1n) is 8.15. The fourth-order valence-electron chi connectivity index (χ4n) is 3.02. The highest BCUT2D eigenvalue weighted by Gasteiger charge is 2.38. The summed E-state index contributed by atoms with van der Waals surface area (Å²) < 4.78 is 0. The van der Waals surface area contributed by atoms with Crippen molar-refractivity contribution >= 4 is 5.91 Å². The van der Waals surface area contributed by atoms with Crippen molar-refractivity contribution in [2.24, 2.45) is 5.73 Å². The Morgan fingerprint density at radius 2 is 1.84 bits per heavy atom. The zero-order valence-electron chi connectivity index (χ0n) is 13.8. The Balaban J connectivity index is 1.89. The molecule has 0 bridgehead atoms. The average molecular weight is 335 g/mol. The lowest BCUT2D eigenvalue weighted by molar-refractivity contribution is -0.115. The van der Waals surface area contributed by atoms with Gasteiger partial charge in [-0.25, -0.2) is 0 Å². The standard InChI is InChI=1S/C20H21N3O2/c21-19(25)18-7-4-13-22-20(18,16-8-10-17(24)11-9-16)23-14-12-15-5-2-1-3-6-15/h1-11,13,22-24H,12,14H2,(H2,21,25). The van der Waals surface area contributed by atoms with Gasteiger partial charge in [0.05, 0.1) is 5.57 Å². The number of phenolic OH excluding ortho intramolecular Hbond substituents is 1. The Labute approximate surface area is 146 Å². The van der Waals surface area contributed by atoms with Gasteiger partial charge < -0.3 is 16.2 Å². The third-order valence-corrected chi connectivity index (χ3v) is 4.28. The van der Waals surface area contributed by atoms with Gasteiger partial charge in [-0.3, -0.25) is 10.1 Å². The van der Waals surface area contributed by atoms with E-state index < -0.39 is 11.6 Å². The van der Waals surface area contributed by atoms with Gasteiger partial charge in [-0.05, 0) is 48.0 Å². The molecule has 1 amide bonds. The van der Waals surface area contributed by atoms with Crippen LogP contribution >= 0.6 is 0 Å². The van der Waals surface area contributed by atoms with Crippen LogP contribution in [0.15, 0.2) is 78.5 Å². The van der Waals surface area contributed by atoms with Gasteiger partial charge >= 0.3 is 0 Å². The lowest BCUT2D eigenvalue weighted by atomic mass is 9.88. The van der Waals surface area contributed by atoms with Crippen LogP contribution < -0.4 is 16.4 Å². The number of dihydropyridines is 1. The number of phenols is 1. The molecule has 0 aliphatic carbocycles. The summed E-state index contributed by atoms with van der Waals surface area (Å²) in [7, 11) is 0.